The largest absolute Gasteiger partial charge is 0.498 e. The van der Waals surface area contributed by atoms with Gasteiger partial charge in [-0.3, -0.25) is 0 Å². The first kappa shape index (κ1) is 34.9. The molecule has 4 heterocycles. The van der Waals surface area contributed by atoms with E-state index in [0.717, 1.165) is 67.5 Å². The van der Waals surface area contributed by atoms with Crippen LogP contribution in [0.2, 0.25) is 0 Å². The third-order valence-electron chi connectivity index (χ3n) is 8.84. The van der Waals surface area contributed by atoms with Crippen LogP contribution in [-0.4, -0.2) is 15.0 Å². The van der Waals surface area contributed by atoms with E-state index in [9.17, 15) is 0 Å². The Morgan fingerprint density at radius 3 is 2.20 bits per heavy atom. The average molecular weight is 830 g/mol. The number of hydrogen-bond acceptors (Lipinski definition) is 4. The Hall–Kier alpha value is -4.96. The van der Waals surface area contributed by atoms with E-state index in [0.29, 0.717) is 0 Å². The number of rotatable bonds is 4. The van der Waals surface area contributed by atoms with E-state index in [4.69, 9.17) is 9.40 Å². The van der Waals surface area contributed by atoms with Gasteiger partial charge in [0.25, 0.3) is 0 Å². The molecule has 8 aromatic rings. The van der Waals surface area contributed by atoms with E-state index in [1.807, 2.05) is 36.5 Å². The number of aryl methyl sites for hydroxylation is 3. The number of benzene rings is 4. The second kappa shape index (κ2) is 14.5. The predicted octanol–water partition coefficient (Wildman–Crippen LogP) is 11.7. The minimum Gasteiger partial charge on any atom is -0.498 e. The fourth-order valence-electron chi connectivity index (χ4n) is 6.18. The Labute approximate surface area is 308 Å². The van der Waals surface area contributed by atoms with Gasteiger partial charge in [-0.15, -0.1) is 47.5 Å². The normalized spacial score (nSPS) is 11.3. The summed E-state index contributed by atoms with van der Waals surface area (Å²) in [4.78, 5) is 14.0. The van der Waals surface area contributed by atoms with Gasteiger partial charge in [0, 0.05) is 49.0 Å². The van der Waals surface area contributed by atoms with Gasteiger partial charge in [-0.05, 0) is 60.3 Å². The summed E-state index contributed by atoms with van der Waals surface area (Å²) in [6, 6.07) is 41.8. The number of fused-ring (bicyclic) bond motifs is 5. The first-order valence-corrected chi connectivity index (χ1v) is 16.7. The molecule has 0 N–H and O–H groups in total. The van der Waals surface area contributed by atoms with Crippen LogP contribution in [-0.2, 0) is 26.5 Å². The first-order chi connectivity index (χ1) is 23.6. The Morgan fingerprint density at radius 1 is 0.700 bits per heavy atom. The summed E-state index contributed by atoms with van der Waals surface area (Å²) >= 11 is 0. The first-order valence-electron chi connectivity index (χ1n) is 16.7. The van der Waals surface area contributed by atoms with Gasteiger partial charge in [0.15, 0.2) is 0 Å². The monoisotopic (exact) mass is 830 g/mol. The molecule has 251 valence electrons. The van der Waals surface area contributed by atoms with Crippen molar-refractivity contribution in [2.75, 3.05) is 0 Å². The molecule has 4 nitrogen and oxygen atoms in total. The summed E-state index contributed by atoms with van der Waals surface area (Å²) in [5.41, 5.74) is 13.8. The molecular weight excluding hydrogens is 791 g/mol. The SMILES string of the molecule is CC(C)(C)Cc1ccc2ccc3c4cc[c-]c(-c5ccccn5)c4oc3c2n1.Cc1cnc(-c2[c-]cc(C)c(-c3ccccc3)c2)cc1C.[Ir]. The van der Waals surface area contributed by atoms with Crippen molar-refractivity contribution in [2.45, 2.75) is 48.0 Å². The minimum atomic E-state index is 0. The van der Waals surface area contributed by atoms with Crippen LogP contribution in [0, 0.1) is 38.3 Å². The van der Waals surface area contributed by atoms with Gasteiger partial charge in [0.05, 0.1) is 5.58 Å². The van der Waals surface area contributed by atoms with Crippen molar-refractivity contribution < 1.29 is 24.5 Å². The average Bonchev–Trinajstić information content (AvgIpc) is 3.50. The van der Waals surface area contributed by atoms with E-state index in [2.05, 4.69) is 136 Å². The molecule has 0 saturated heterocycles. The Morgan fingerprint density at radius 2 is 1.46 bits per heavy atom. The van der Waals surface area contributed by atoms with Gasteiger partial charge in [-0.1, -0.05) is 117 Å². The van der Waals surface area contributed by atoms with Crippen molar-refractivity contribution in [2.24, 2.45) is 5.41 Å². The Balaban J connectivity index is 0.000000177. The molecule has 0 spiro atoms. The van der Waals surface area contributed by atoms with Crippen LogP contribution < -0.4 is 0 Å². The fourth-order valence-corrected chi connectivity index (χ4v) is 6.18. The molecule has 0 amide bonds. The van der Waals surface area contributed by atoms with Crippen molar-refractivity contribution in [3.63, 3.8) is 0 Å². The summed E-state index contributed by atoms with van der Waals surface area (Å²) in [6.45, 7) is 13.0. The van der Waals surface area contributed by atoms with Crippen molar-refractivity contribution in [1.29, 1.82) is 0 Å². The molecular formula is C45H39IrN3O-2. The van der Waals surface area contributed by atoms with E-state index in [-0.39, 0.29) is 25.5 Å². The molecule has 4 aromatic carbocycles. The molecule has 5 heteroatoms. The molecule has 0 atom stereocenters. The number of hydrogen-bond donors (Lipinski definition) is 0. The number of aromatic nitrogens is 3. The third kappa shape index (κ3) is 7.31. The summed E-state index contributed by atoms with van der Waals surface area (Å²) in [5, 5.41) is 3.24. The zero-order chi connectivity index (χ0) is 34.1. The summed E-state index contributed by atoms with van der Waals surface area (Å²) in [6.07, 6.45) is 4.65. The zero-order valence-electron chi connectivity index (χ0n) is 29.3. The maximum atomic E-state index is 6.40. The van der Waals surface area contributed by atoms with Crippen molar-refractivity contribution >= 4 is 32.8 Å². The van der Waals surface area contributed by atoms with Crippen LogP contribution in [0.15, 0.2) is 120 Å². The molecule has 0 unspecified atom stereocenters. The van der Waals surface area contributed by atoms with Crippen molar-refractivity contribution in [3.8, 4) is 33.6 Å². The smallest absolute Gasteiger partial charge is 0.147 e. The van der Waals surface area contributed by atoms with Crippen LogP contribution >= 0.6 is 0 Å². The van der Waals surface area contributed by atoms with Gasteiger partial charge in [0.2, 0.25) is 0 Å². The molecule has 0 bridgehead atoms. The van der Waals surface area contributed by atoms with Gasteiger partial charge < -0.3 is 14.4 Å². The maximum absolute atomic E-state index is 6.40. The number of nitrogens with zero attached hydrogens (tertiary/aromatic N) is 3. The zero-order valence-corrected chi connectivity index (χ0v) is 31.7. The fraction of sp³-hybridized carbons (Fsp3) is 0.178. The van der Waals surface area contributed by atoms with Gasteiger partial charge in [0.1, 0.15) is 11.1 Å². The molecule has 0 aliphatic heterocycles. The minimum absolute atomic E-state index is 0. The Kier molecular flexibility index (Phi) is 10.1. The van der Waals surface area contributed by atoms with Gasteiger partial charge >= 0.3 is 0 Å². The van der Waals surface area contributed by atoms with E-state index in [1.165, 1.54) is 27.8 Å². The molecule has 0 fully saturated rings. The number of furan rings is 1. The summed E-state index contributed by atoms with van der Waals surface area (Å²) < 4.78 is 6.40. The molecule has 0 aliphatic carbocycles. The van der Waals surface area contributed by atoms with E-state index in [1.54, 1.807) is 6.20 Å². The van der Waals surface area contributed by atoms with E-state index < -0.39 is 0 Å². The Bertz CT molecular complexity index is 2430. The maximum Gasteiger partial charge on any atom is 0.147 e. The van der Waals surface area contributed by atoms with Crippen LogP contribution in [0.1, 0.15) is 43.2 Å². The van der Waals surface area contributed by atoms with Gasteiger partial charge in [-0.25, -0.2) is 4.98 Å². The number of pyridine rings is 3. The molecule has 1 radical (unpaired) electrons. The van der Waals surface area contributed by atoms with Gasteiger partial charge in [-0.2, -0.15) is 0 Å². The molecule has 8 rings (SSSR count). The van der Waals surface area contributed by atoms with Crippen LogP contribution in [0.4, 0.5) is 0 Å². The third-order valence-corrected chi connectivity index (χ3v) is 8.84. The molecule has 0 aliphatic rings. The van der Waals surface area contributed by atoms with Crippen LogP contribution in [0.25, 0.3) is 66.5 Å². The van der Waals surface area contributed by atoms with Crippen molar-refractivity contribution in [3.05, 3.63) is 150 Å². The van der Waals surface area contributed by atoms with E-state index >= 15 is 0 Å². The molecule has 4 aromatic heterocycles. The quantitative estimate of drug-likeness (QED) is 0.166. The molecule has 50 heavy (non-hydrogen) atoms. The second-order valence-corrected chi connectivity index (χ2v) is 13.9. The standard InChI is InChI=1S/C25H21N2O.C20H18N.Ir/c1-25(2,3)15-17-12-10-16-11-13-19-18-7-6-8-20(21-9-4-5-14-26-21)23(18)28-24(19)22(16)27-17;1-14-9-10-18(20-11-15(2)16(3)13-21-20)12-19(14)17-7-5-4-6-8-17;/h4-7,9-14H,15H2,1-3H3;4-9,11-13H,1-3H3;/q2*-1;. The molecule has 0 saturated carbocycles. The van der Waals surface area contributed by atoms with Crippen LogP contribution in [0.5, 0.6) is 0 Å². The van der Waals surface area contributed by atoms with Crippen molar-refractivity contribution in [1.82, 2.24) is 15.0 Å². The topological polar surface area (TPSA) is 51.8 Å². The van der Waals surface area contributed by atoms with Crippen LogP contribution in [0.3, 0.4) is 0 Å². The predicted molar refractivity (Wildman–Crippen MR) is 202 cm³/mol. The summed E-state index contributed by atoms with van der Waals surface area (Å²) in [5.74, 6) is 0. The second-order valence-electron chi connectivity index (χ2n) is 13.9. The summed E-state index contributed by atoms with van der Waals surface area (Å²) in [7, 11) is 0.